The van der Waals surface area contributed by atoms with Gasteiger partial charge in [-0.05, 0) is 0 Å². The van der Waals surface area contributed by atoms with Gasteiger partial charge < -0.3 is 49.0 Å². The van der Waals surface area contributed by atoms with E-state index in [2.05, 4.69) is 0 Å². The Balaban J connectivity index is -0.00000000125. The van der Waals surface area contributed by atoms with Crippen molar-refractivity contribution in [1.29, 1.82) is 0 Å². The summed E-state index contributed by atoms with van der Waals surface area (Å²) in [6, 6.07) is 0. The average molecular weight is 249 g/mol. The molecule has 0 fully saturated rings. The molecular formula is H19CaNO11. The second-order valence-corrected chi connectivity index (χ2v) is 0.238. The molecule has 0 aromatic rings. The third-order valence-corrected chi connectivity index (χ3v) is 0. The number of hydrogen-bond acceptors (Lipinski definition) is 2. The summed E-state index contributed by atoms with van der Waals surface area (Å²) in [6.45, 7) is 0. The molecule has 0 aliphatic carbocycles. The van der Waals surface area contributed by atoms with Gasteiger partial charge in [-0.2, -0.15) is 0 Å². The molecule has 13 heavy (non-hydrogen) atoms. The Morgan fingerprint density at radius 3 is 0.769 bits per heavy atom. The SMILES string of the molecule is O.O.O.O.O.O.O.O.O=[N+]([O-])O.[CaH2]. The molecule has 0 aromatic carbocycles. The van der Waals surface area contributed by atoms with E-state index in [1.165, 1.54) is 0 Å². The van der Waals surface area contributed by atoms with Crippen molar-refractivity contribution in [1.82, 2.24) is 0 Å². The van der Waals surface area contributed by atoms with Crippen LogP contribution in [0.25, 0.3) is 0 Å². The van der Waals surface area contributed by atoms with E-state index in [0.29, 0.717) is 0 Å². The molecule has 0 unspecified atom stereocenters. The molecule has 0 saturated heterocycles. The monoisotopic (exact) mass is 249 g/mol. The van der Waals surface area contributed by atoms with Crippen LogP contribution in [-0.2, 0) is 0 Å². The molecule has 0 saturated carbocycles. The van der Waals surface area contributed by atoms with Gasteiger partial charge in [0.05, 0.1) is 0 Å². The molecule has 0 heterocycles. The van der Waals surface area contributed by atoms with E-state index >= 15 is 0 Å². The Bertz CT molecular complexity index is 33.1. The molecule has 0 atom stereocenters. The molecule has 0 aromatic heterocycles. The zero-order valence-electron chi connectivity index (χ0n) is 5.71. The van der Waals surface area contributed by atoms with Crippen LogP contribution < -0.4 is 0 Å². The minimum absolute atomic E-state index is 0. The maximum atomic E-state index is 8.36. The van der Waals surface area contributed by atoms with Crippen molar-refractivity contribution in [2.75, 3.05) is 0 Å². The zero-order chi connectivity index (χ0) is 3.58. The first kappa shape index (κ1) is 196. The molecule has 0 aliphatic rings. The van der Waals surface area contributed by atoms with Crippen LogP contribution in [0.3, 0.4) is 0 Å². The van der Waals surface area contributed by atoms with Crippen LogP contribution in [0, 0.1) is 10.1 Å². The van der Waals surface area contributed by atoms with Crippen molar-refractivity contribution in [3.8, 4) is 0 Å². The van der Waals surface area contributed by atoms with Crippen LogP contribution in [0.1, 0.15) is 0 Å². The summed E-state index contributed by atoms with van der Waals surface area (Å²) in [5.74, 6) is 0. The van der Waals surface area contributed by atoms with Gasteiger partial charge >= 0.3 is 37.7 Å². The van der Waals surface area contributed by atoms with Gasteiger partial charge in [0.15, 0.2) is 0 Å². The Morgan fingerprint density at radius 2 is 0.769 bits per heavy atom. The molecule has 12 nitrogen and oxygen atoms in total. The first-order valence-corrected chi connectivity index (χ1v) is 0.565. The first-order valence-electron chi connectivity index (χ1n) is 0.565. The first-order chi connectivity index (χ1) is 1.73. The topological polar surface area (TPSA) is 315 Å². The second kappa shape index (κ2) is 153. The van der Waals surface area contributed by atoms with Crippen LogP contribution in [0.2, 0.25) is 0 Å². The molecule has 17 N–H and O–H groups in total. The summed E-state index contributed by atoms with van der Waals surface area (Å²) in [5.41, 5.74) is 0. The Labute approximate surface area is 102 Å². The Kier molecular flexibility index (Phi) is 2310. The summed E-state index contributed by atoms with van der Waals surface area (Å²) < 4.78 is 0. The predicted molar refractivity (Wildman–Crippen MR) is 46.2 cm³/mol. The van der Waals surface area contributed by atoms with Crippen molar-refractivity contribution >= 4 is 37.7 Å². The molecule has 92 valence electrons. The third-order valence-electron chi connectivity index (χ3n) is 0. The van der Waals surface area contributed by atoms with E-state index in [9.17, 15) is 0 Å². The molecule has 13 heteroatoms. The van der Waals surface area contributed by atoms with Crippen molar-refractivity contribution in [3.05, 3.63) is 10.1 Å². The van der Waals surface area contributed by atoms with Gasteiger partial charge in [0.1, 0.15) is 0 Å². The van der Waals surface area contributed by atoms with Crippen molar-refractivity contribution in [3.63, 3.8) is 0 Å². The summed E-state index contributed by atoms with van der Waals surface area (Å²) in [4.78, 5) is 8.36. The van der Waals surface area contributed by atoms with E-state index < -0.39 is 5.09 Å². The quantitative estimate of drug-likeness (QED) is 0.248. The molecule has 0 spiro atoms. The van der Waals surface area contributed by atoms with Gasteiger partial charge in [-0.1, -0.05) is 0 Å². The van der Waals surface area contributed by atoms with Crippen LogP contribution in [0.5, 0.6) is 0 Å². The molecular weight excluding hydrogens is 230 g/mol. The third kappa shape index (κ3) is 63900. The fraction of sp³-hybridized carbons (Fsp3) is 0. The van der Waals surface area contributed by atoms with Crippen molar-refractivity contribution in [2.45, 2.75) is 0 Å². The summed E-state index contributed by atoms with van der Waals surface area (Å²) in [7, 11) is 0. The van der Waals surface area contributed by atoms with Gasteiger partial charge in [0.2, 0.25) is 0 Å². The average Bonchev–Trinajstić information content (AvgIpc) is 0.811. The van der Waals surface area contributed by atoms with Gasteiger partial charge in [0.25, 0.3) is 5.09 Å². The van der Waals surface area contributed by atoms with Gasteiger partial charge in [-0.25, -0.2) is 0 Å². The predicted octanol–water partition coefficient (Wildman–Crippen LogP) is -7.86. The fourth-order valence-corrected chi connectivity index (χ4v) is 0. The fourth-order valence-electron chi connectivity index (χ4n) is 0. The van der Waals surface area contributed by atoms with E-state index in [-0.39, 0.29) is 81.5 Å². The Morgan fingerprint density at radius 1 is 0.769 bits per heavy atom. The van der Waals surface area contributed by atoms with Crippen LogP contribution in [0.15, 0.2) is 0 Å². The maximum absolute atomic E-state index is 8.36. The van der Waals surface area contributed by atoms with Crippen molar-refractivity contribution < 1.29 is 54.1 Å². The molecule has 0 aliphatic heterocycles. The van der Waals surface area contributed by atoms with E-state index in [0.717, 1.165) is 0 Å². The normalized spacial score (nSPS) is 1.85. The second-order valence-electron chi connectivity index (χ2n) is 0.238. The van der Waals surface area contributed by atoms with E-state index in [4.69, 9.17) is 15.3 Å². The zero-order valence-corrected chi connectivity index (χ0v) is 5.71. The number of rotatable bonds is 0. The van der Waals surface area contributed by atoms with Gasteiger partial charge in [-0.3, -0.25) is 0 Å². The van der Waals surface area contributed by atoms with Crippen LogP contribution in [-0.4, -0.2) is 91.8 Å². The van der Waals surface area contributed by atoms with Crippen LogP contribution in [0.4, 0.5) is 0 Å². The van der Waals surface area contributed by atoms with Gasteiger partial charge in [0, 0.05) is 0 Å². The number of hydrogen-bond donors (Lipinski definition) is 1. The molecule has 0 bridgehead atoms. The summed E-state index contributed by atoms with van der Waals surface area (Å²) in [5, 5.41) is 13.6. The number of nitrogens with zero attached hydrogens (tertiary/aromatic N) is 1. The molecule has 0 rings (SSSR count). The van der Waals surface area contributed by atoms with Crippen LogP contribution >= 0.6 is 0 Å². The summed E-state index contributed by atoms with van der Waals surface area (Å²) in [6.07, 6.45) is 0. The minimum atomic E-state index is -1.50. The van der Waals surface area contributed by atoms with E-state index in [1.54, 1.807) is 0 Å². The summed E-state index contributed by atoms with van der Waals surface area (Å²) >= 11 is 0. The molecule has 0 amide bonds. The van der Waals surface area contributed by atoms with Gasteiger partial charge in [-0.15, -0.1) is 10.1 Å². The molecule has 0 radical (unpaired) electrons. The van der Waals surface area contributed by atoms with Crippen molar-refractivity contribution in [2.24, 2.45) is 0 Å². The standard InChI is InChI=1S/Ca.HNO3.8H2O.2H/c;2-1(3)4;;;;;;;;;;/h;(H,2,3,4);8*1H2;;. The van der Waals surface area contributed by atoms with E-state index in [1.807, 2.05) is 0 Å². The Hall–Kier alpha value is 0.140.